The zero-order valence-electron chi connectivity index (χ0n) is 16.6. The third-order valence-corrected chi connectivity index (χ3v) is 7.06. The molecule has 1 aliphatic heterocycles. The van der Waals surface area contributed by atoms with E-state index in [1.807, 2.05) is 54.9 Å². The Morgan fingerprint density at radius 1 is 1.10 bits per heavy atom. The molecule has 30 heavy (non-hydrogen) atoms. The predicted octanol–water partition coefficient (Wildman–Crippen LogP) is 4.90. The van der Waals surface area contributed by atoms with Gasteiger partial charge in [0.1, 0.15) is 5.75 Å². The summed E-state index contributed by atoms with van der Waals surface area (Å²) in [5, 5.41) is 2.45. The van der Waals surface area contributed by atoms with Crippen molar-refractivity contribution in [2.24, 2.45) is 0 Å². The Balaban J connectivity index is 1.19. The molecular weight excluding hydrogens is 416 g/mol. The maximum Gasteiger partial charge on any atom is 0.415 e. The number of aryl methyl sites for hydroxylation is 1. The Bertz CT molecular complexity index is 912. The molecule has 1 saturated heterocycles. The molecule has 1 aliphatic rings. The number of aromatic nitrogens is 3. The molecule has 3 heterocycles. The lowest BCUT2D eigenvalue weighted by atomic mass is 10.1. The first kappa shape index (κ1) is 20.8. The monoisotopic (exact) mass is 440 g/mol. The van der Waals surface area contributed by atoms with Crippen LogP contribution in [0.4, 0.5) is 4.79 Å². The van der Waals surface area contributed by atoms with Gasteiger partial charge in [0.2, 0.25) is 0 Å². The highest BCUT2D eigenvalue weighted by molar-refractivity contribution is 7.99. The number of carbonyl (C=O) groups excluding carboxylic acids is 1. The summed E-state index contributed by atoms with van der Waals surface area (Å²) in [7, 11) is 0. The number of carbonyl (C=O) groups is 1. The molecule has 2 aromatic heterocycles. The van der Waals surface area contributed by atoms with Gasteiger partial charge in [0.05, 0.1) is 5.03 Å². The number of H-pyrrole nitrogens is 1. The molecule has 1 aromatic carbocycles. The minimum Gasteiger partial charge on any atom is -0.410 e. The first-order chi connectivity index (χ1) is 14.8. The SMILES string of the molecule is O=C(Oc1ccc(CCSc2ccccn2)cc1)N1CCC(Sc2ncc[nH]2)CC1. The van der Waals surface area contributed by atoms with Crippen molar-refractivity contribution < 1.29 is 9.53 Å². The number of amides is 1. The largest absolute Gasteiger partial charge is 0.415 e. The molecule has 0 atom stereocenters. The Kier molecular flexibility index (Phi) is 7.31. The van der Waals surface area contributed by atoms with E-state index in [0.717, 1.165) is 35.2 Å². The number of hydrogen-bond donors (Lipinski definition) is 1. The average molecular weight is 441 g/mol. The smallest absolute Gasteiger partial charge is 0.410 e. The van der Waals surface area contributed by atoms with Gasteiger partial charge in [-0.2, -0.15) is 0 Å². The second-order valence-electron chi connectivity index (χ2n) is 6.98. The van der Waals surface area contributed by atoms with E-state index in [1.165, 1.54) is 5.56 Å². The average Bonchev–Trinajstić information content (AvgIpc) is 3.29. The standard InChI is InChI=1S/C22H24N4O2S2/c27-22(26-14-8-19(9-15-26)30-21-24-12-13-25-21)28-18-6-4-17(5-7-18)10-16-29-20-3-1-2-11-23-20/h1-7,11-13,19H,8-10,14-16H2,(H,24,25). The minimum atomic E-state index is -0.269. The number of benzene rings is 1. The molecule has 4 rings (SSSR count). The summed E-state index contributed by atoms with van der Waals surface area (Å²) in [6, 6.07) is 13.7. The van der Waals surface area contributed by atoms with Gasteiger partial charge in [0.15, 0.2) is 5.16 Å². The number of thioether (sulfide) groups is 2. The molecule has 0 bridgehead atoms. The molecule has 156 valence electrons. The normalized spacial score (nSPS) is 14.6. The van der Waals surface area contributed by atoms with E-state index in [9.17, 15) is 4.79 Å². The molecule has 1 fully saturated rings. The van der Waals surface area contributed by atoms with Crippen LogP contribution in [0.1, 0.15) is 18.4 Å². The summed E-state index contributed by atoms with van der Waals surface area (Å²) in [6.07, 6.45) is 7.96. The van der Waals surface area contributed by atoms with E-state index in [-0.39, 0.29) is 6.09 Å². The van der Waals surface area contributed by atoms with Crippen molar-refractivity contribution in [1.82, 2.24) is 19.9 Å². The zero-order chi connectivity index (χ0) is 20.6. The van der Waals surface area contributed by atoms with Crippen LogP contribution in [0, 0.1) is 0 Å². The van der Waals surface area contributed by atoms with Gasteiger partial charge >= 0.3 is 6.09 Å². The molecule has 1 amide bonds. The van der Waals surface area contributed by atoms with Crippen molar-refractivity contribution in [1.29, 1.82) is 0 Å². The van der Waals surface area contributed by atoms with Gasteiger partial charge < -0.3 is 14.6 Å². The van der Waals surface area contributed by atoms with E-state index in [0.29, 0.717) is 24.1 Å². The van der Waals surface area contributed by atoms with Crippen LogP contribution in [0.5, 0.6) is 5.75 Å². The van der Waals surface area contributed by atoms with E-state index >= 15 is 0 Å². The fourth-order valence-electron chi connectivity index (χ4n) is 3.22. The summed E-state index contributed by atoms with van der Waals surface area (Å²) in [5.41, 5.74) is 1.22. The van der Waals surface area contributed by atoms with Crippen molar-refractivity contribution in [3.63, 3.8) is 0 Å². The number of rotatable bonds is 7. The van der Waals surface area contributed by atoms with Gasteiger partial charge in [-0.3, -0.25) is 0 Å². The highest BCUT2D eigenvalue weighted by Crippen LogP contribution is 2.28. The second-order valence-corrected chi connectivity index (χ2v) is 9.38. The Labute approximate surface area is 184 Å². The fourth-order valence-corrected chi connectivity index (χ4v) is 5.10. The fraction of sp³-hybridized carbons (Fsp3) is 0.318. The van der Waals surface area contributed by atoms with Crippen LogP contribution in [0.15, 0.2) is 71.2 Å². The van der Waals surface area contributed by atoms with E-state index in [2.05, 4.69) is 15.0 Å². The van der Waals surface area contributed by atoms with Crippen molar-refractivity contribution in [2.45, 2.75) is 34.7 Å². The van der Waals surface area contributed by atoms with Crippen molar-refractivity contribution in [2.75, 3.05) is 18.8 Å². The molecule has 0 radical (unpaired) electrons. The van der Waals surface area contributed by atoms with Crippen LogP contribution >= 0.6 is 23.5 Å². The maximum absolute atomic E-state index is 12.5. The van der Waals surface area contributed by atoms with Crippen molar-refractivity contribution >= 4 is 29.6 Å². The summed E-state index contributed by atoms with van der Waals surface area (Å²) in [4.78, 5) is 26.0. The van der Waals surface area contributed by atoms with Gasteiger partial charge in [0, 0.05) is 42.7 Å². The van der Waals surface area contributed by atoms with Crippen LogP contribution in [-0.4, -0.2) is 50.0 Å². The Morgan fingerprint density at radius 3 is 2.63 bits per heavy atom. The topological polar surface area (TPSA) is 71.1 Å². The number of nitrogens with one attached hydrogen (secondary N) is 1. The molecule has 0 aliphatic carbocycles. The number of aromatic amines is 1. The minimum absolute atomic E-state index is 0.269. The zero-order valence-corrected chi connectivity index (χ0v) is 18.2. The summed E-state index contributed by atoms with van der Waals surface area (Å²) >= 11 is 3.48. The molecule has 0 saturated carbocycles. The van der Waals surface area contributed by atoms with Gasteiger partial charge in [-0.15, -0.1) is 11.8 Å². The number of likely N-dealkylation sites (tertiary alicyclic amines) is 1. The van der Waals surface area contributed by atoms with Crippen LogP contribution < -0.4 is 4.74 Å². The van der Waals surface area contributed by atoms with E-state index in [1.54, 1.807) is 34.6 Å². The number of nitrogens with zero attached hydrogens (tertiary/aromatic N) is 3. The maximum atomic E-state index is 12.5. The van der Waals surface area contributed by atoms with Crippen LogP contribution in [0.2, 0.25) is 0 Å². The predicted molar refractivity (Wildman–Crippen MR) is 120 cm³/mol. The highest BCUT2D eigenvalue weighted by Gasteiger charge is 2.25. The summed E-state index contributed by atoms with van der Waals surface area (Å²) < 4.78 is 5.57. The van der Waals surface area contributed by atoms with E-state index < -0.39 is 0 Å². The molecule has 3 aromatic rings. The molecule has 0 spiro atoms. The number of pyridine rings is 1. The van der Waals surface area contributed by atoms with Gasteiger partial charge in [-0.25, -0.2) is 14.8 Å². The number of hydrogen-bond acceptors (Lipinski definition) is 6. The Hall–Kier alpha value is -2.45. The Morgan fingerprint density at radius 2 is 1.93 bits per heavy atom. The molecule has 1 N–H and O–H groups in total. The third-order valence-electron chi connectivity index (χ3n) is 4.86. The van der Waals surface area contributed by atoms with Gasteiger partial charge in [0.25, 0.3) is 0 Å². The number of ether oxygens (including phenoxy) is 1. The number of piperidine rings is 1. The molecular formula is C22H24N4O2S2. The van der Waals surface area contributed by atoms with Crippen molar-refractivity contribution in [3.05, 3.63) is 66.6 Å². The summed E-state index contributed by atoms with van der Waals surface area (Å²) in [6.45, 7) is 1.42. The number of imidazole rings is 1. The lowest BCUT2D eigenvalue weighted by Gasteiger charge is -2.30. The first-order valence-corrected chi connectivity index (χ1v) is 11.9. The van der Waals surface area contributed by atoms with Gasteiger partial charge in [-0.1, -0.05) is 30.0 Å². The van der Waals surface area contributed by atoms with Gasteiger partial charge in [-0.05, 0) is 49.1 Å². The van der Waals surface area contributed by atoms with Crippen molar-refractivity contribution in [3.8, 4) is 5.75 Å². The lowest BCUT2D eigenvalue weighted by molar-refractivity contribution is 0.143. The first-order valence-electron chi connectivity index (χ1n) is 10.0. The van der Waals surface area contributed by atoms with Crippen LogP contribution in [-0.2, 0) is 6.42 Å². The molecule has 0 unspecified atom stereocenters. The molecule has 8 heteroatoms. The van der Waals surface area contributed by atoms with E-state index in [4.69, 9.17) is 4.74 Å². The lowest BCUT2D eigenvalue weighted by Crippen LogP contribution is -2.40. The summed E-state index contributed by atoms with van der Waals surface area (Å²) in [5.74, 6) is 1.55. The quantitative estimate of drug-likeness (QED) is 0.527. The van der Waals surface area contributed by atoms with Crippen LogP contribution in [0.3, 0.4) is 0 Å². The second kappa shape index (κ2) is 10.5. The third kappa shape index (κ3) is 6.03. The highest BCUT2D eigenvalue weighted by atomic mass is 32.2. The van der Waals surface area contributed by atoms with Crippen LogP contribution in [0.25, 0.3) is 0 Å². The molecule has 6 nitrogen and oxygen atoms in total.